The van der Waals surface area contributed by atoms with Crippen molar-refractivity contribution in [2.45, 2.75) is 25.6 Å². The number of hydrogen-bond acceptors (Lipinski definition) is 6. The molecule has 0 amide bonds. The number of nitrogens with zero attached hydrogens (tertiary/aromatic N) is 3. The summed E-state index contributed by atoms with van der Waals surface area (Å²) in [5, 5.41) is 4.38. The number of halogens is 5. The third kappa shape index (κ3) is 9.10. The van der Waals surface area contributed by atoms with Crippen LogP contribution in [0.5, 0.6) is 5.75 Å². The zero-order valence-electron chi connectivity index (χ0n) is 20.3. The maximum absolute atomic E-state index is 12.8. The van der Waals surface area contributed by atoms with Gasteiger partial charge in [0.1, 0.15) is 5.75 Å². The molecule has 0 radical (unpaired) electrons. The van der Waals surface area contributed by atoms with E-state index in [-0.39, 0.29) is 49.6 Å². The van der Waals surface area contributed by atoms with Crippen molar-refractivity contribution < 1.29 is 48.7 Å². The summed E-state index contributed by atoms with van der Waals surface area (Å²) in [6.45, 7) is 0.467. The molecule has 0 saturated heterocycles. The minimum atomic E-state index is -4.48. The first-order valence-corrected chi connectivity index (χ1v) is 11.3. The molecule has 37 heavy (non-hydrogen) atoms. The largest absolute Gasteiger partial charge is 1.00 e. The Morgan fingerprint density at radius 3 is 2.43 bits per heavy atom. The van der Waals surface area contributed by atoms with E-state index in [9.17, 15) is 22.8 Å². The second kappa shape index (κ2) is 12.5. The van der Waals surface area contributed by atoms with Crippen LogP contribution in [0.2, 0.25) is 5.02 Å². The van der Waals surface area contributed by atoms with Crippen LogP contribution >= 0.6 is 11.6 Å². The molecular weight excluding hydrogens is 538 g/mol. The highest BCUT2D eigenvalue weighted by Gasteiger charge is 2.30. The molecule has 202 valence electrons. The Kier molecular flexibility index (Phi) is 10.2. The number of esters is 1. The van der Waals surface area contributed by atoms with Gasteiger partial charge in [-0.2, -0.15) is 17.9 Å². The van der Waals surface area contributed by atoms with Gasteiger partial charge < -0.3 is 30.8 Å². The highest BCUT2D eigenvalue weighted by atomic mass is 35.5. The van der Waals surface area contributed by atoms with E-state index in [0.717, 1.165) is 27.8 Å². The number of aromatic nitrogens is 2. The zero-order chi connectivity index (χ0) is 26.5. The minimum absolute atomic E-state index is 0. The molecule has 0 fully saturated rings. The third-order valence-electron chi connectivity index (χ3n) is 5.06. The van der Waals surface area contributed by atoms with E-state index in [1.54, 1.807) is 18.2 Å². The van der Waals surface area contributed by atoms with Gasteiger partial charge in [-0.3, -0.25) is 4.79 Å². The average molecular weight is 564 g/mol. The van der Waals surface area contributed by atoms with Crippen molar-refractivity contribution in [2.75, 3.05) is 34.5 Å². The summed E-state index contributed by atoms with van der Waals surface area (Å²) >= 11 is 6.24. The van der Waals surface area contributed by atoms with Gasteiger partial charge in [-0.15, -0.1) is 5.10 Å². The lowest BCUT2D eigenvalue weighted by molar-refractivity contribution is -0.870. The van der Waals surface area contributed by atoms with Crippen molar-refractivity contribution in [3.05, 3.63) is 69.2 Å². The van der Waals surface area contributed by atoms with Crippen molar-refractivity contribution >= 4 is 17.6 Å². The Bertz CT molecular complexity index is 1250. The maximum Gasteiger partial charge on any atom is 0.437 e. The summed E-state index contributed by atoms with van der Waals surface area (Å²) in [5.74, 6) is -0.958. The minimum Gasteiger partial charge on any atom is -1.00 e. The summed E-state index contributed by atoms with van der Waals surface area (Å²) in [4.78, 5) is 24.1. The first-order chi connectivity index (χ1) is 16.8. The zero-order valence-corrected chi connectivity index (χ0v) is 21.9. The number of alkyl halides is 3. The number of quaternary nitrogens is 1. The first kappa shape index (κ1) is 30.2. The van der Waals surface area contributed by atoms with Gasteiger partial charge in [-0.05, 0) is 48.0 Å². The van der Waals surface area contributed by atoms with Gasteiger partial charge in [0.15, 0.2) is 0 Å². The summed E-state index contributed by atoms with van der Waals surface area (Å²) in [5.41, 5.74) is -0.144. The van der Waals surface area contributed by atoms with E-state index in [1.165, 1.54) is 12.1 Å². The maximum atomic E-state index is 12.8. The van der Waals surface area contributed by atoms with Gasteiger partial charge >= 0.3 is 17.9 Å². The van der Waals surface area contributed by atoms with Crippen molar-refractivity contribution in [2.24, 2.45) is 0 Å². The Morgan fingerprint density at radius 2 is 1.81 bits per heavy atom. The molecule has 0 spiro atoms. The Morgan fingerprint density at radius 1 is 1.14 bits per heavy atom. The summed E-state index contributed by atoms with van der Waals surface area (Å²) in [6, 6.07) is 8.79. The van der Waals surface area contributed by atoms with Crippen LogP contribution in [-0.2, 0) is 22.3 Å². The lowest BCUT2D eigenvalue weighted by atomic mass is 10.1. The van der Waals surface area contributed by atoms with Crippen LogP contribution in [0.25, 0.3) is 11.5 Å². The van der Waals surface area contributed by atoms with Crippen LogP contribution in [0.15, 0.2) is 51.7 Å². The predicted molar refractivity (Wildman–Crippen MR) is 125 cm³/mol. The Hall–Kier alpha value is -3.02. The van der Waals surface area contributed by atoms with Crippen LogP contribution in [0.3, 0.4) is 0 Å². The van der Waals surface area contributed by atoms with E-state index in [2.05, 4.69) is 5.10 Å². The van der Waals surface area contributed by atoms with E-state index < -0.39 is 17.5 Å². The molecule has 0 atom stereocenters. The van der Waals surface area contributed by atoms with Crippen molar-refractivity contribution in [1.29, 1.82) is 0 Å². The molecule has 1 heterocycles. The fourth-order valence-corrected chi connectivity index (χ4v) is 3.36. The van der Waals surface area contributed by atoms with Crippen molar-refractivity contribution in [3.63, 3.8) is 0 Å². The van der Waals surface area contributed by atoms with Gasteiger partial charge in [-0.1, -0.05) is 11.6 Å². The highest BCUT2D eigenvalue weighted by molar-refractivity contribution is 6.31. The van der Waals surface area contributed by atoms with Crippen LogP contribution in [0.1, 0.15) is 24.0 Å². The van der Waals surface area contributed by atoms with E-state index in [1.807, 2.05) is 21.1 Å². The molecule has 0 unspecified atom stereocenters. The van der Waals surface area contributed by atoms with Gasteiger partial charge in [0.25, 0.3) is 0 Å². The van der Waals surface area contributed by atoms with Gasteiger partial charge in [0.05, 0.1) is 46.2 Å². The van der Waals surface area contributed by atoms with Crippen molar-refractivity contribution in [1.82, 2.24) is 9.78 Å². The summed E-state index contributed by atoms with van der Waals surface area (Å²) in [7, 11) is 6.11. The van der Waals surface area contributed by atoms with Gasteiger partial charge in [0, 0.05) is 17.0 Å². The Balaban J connectivity index is 0.00000481. The SMILES string of the molecule is C[N+](C)(C)CCCC(=O)OCOc1ccc(Cl)c(Cn2nc(-c3ccc(C(F)(F)F)cc3)oc2=O)c1.[Cl-]. The summed E-state index contributed by atoms with van der Waals surface area (Å²) < 4.78 is 55.7. The molecule has 0 saturated carbocycles. The molecule has 0 aliphatic rings. The van der Waals surface area contributed by atoms with Crippen molar-refractivity contribution in [3.8, 4) is 17.2 Å². The third-order valence-corrected chi connectivity index (χ3v) is 5.43. The molecule has 3 rings (SSSR count). The van der Waals surface area contributed by atoms with Crippen LogP contribution in [0.4, 0.5) is 13.2 Å². The molecule has 0 aliphatic carbocycles. The topological polar surface area (TPSA) is 83.6 Å². The molecule has 0 bridgehead atoms. The molecule has 0 N–H and O–H groups in total. The Labute approximate surface area is 222 Å². The second-order valence-corrected chi connectivity index (χ2v) is 9.46. The lowest BCUT2D eigenvalue weighted by Crippen LogP contribution is -3.00. The van der Waals surface area contributed by atoms with E-state index >= 15 is 0 Å². The molecule has 13 heteroatoms. The van der Waals surface area contributed by atoms with E-state index in [0.29, 0.717) is 22.8 Å². The molecule has 8 nitrogen and oxygen atoms in total. The average Bonchev–Trinajstić information content (AvgIpc) is 3.15. The fourth-order valence-electron chi connectivity index (χ4n) is 3.18. The van der Waals surface area contributed by atoms with Crippen LogP contribution < -0.4 is 22.9 Å². The molecule has 2 aromatic carbocycles. The highest BCUT2D eigenvalue weighted by Crippen LogP contribution is 2.30. The molecular formula is C24H26Cl2F3N3O5. The fraction of sp³-hybridized carbons (Fsp3) is 0.375. The summed E-state index contributed by atoms with van der Waals surface area (Å²) in [6.07, 6.45) is -3.51. The quantitative estimate of drug-likeness (QED) is 0.212. The molecule has 1 aromatic heterocycles. The number of benzene rings is 2. The standard InChI is InChI=1S/C24H26ClF3N3O5.ClH/c1-31(2,3)12-4-5-21(32)35-15-34-19-10-11-20(25)17(13-19)14-30-23(33)36-22(29-30)16-6-8-18(9-7-16)24(26,27)28;/h6-11,13H,4-5,12,14-15H2,1-3H3;1H/q+1;/p-1. The second-order valence-electron chi connectivity index (χ2n) is 9.06. The predicted octanol–water partition coefficient (Wildman–Crippen LogP) is 1.59. The smallest absolute Gasteiger partial charge is 0.437 e. The number of hydrogen-bond donors (Lipinski definition) is 0. The molecule has 0 aliphatic heterocycles. The van der Waals surface area contributed by atoms with Gasteiger partial charge in [0.2, 0.25) is 12.7 Å². The molecule has 3 aromatic rings. The van der Waals surface area contributed by atoms with Gasteiger partial charge in [-0.25, -0.2) is 4.79 Å². The van der Waals surface area contributed by atoms with Crippen LogP contribution in [0, 0.1) is 0 Å². The van der Waals surface area contributed by atoms with Crippen LogP contribution in [-0.4, -0.2) is 54.7 Å². The van der Waals surface area contributed by atoms with E-state index in [4.69, 9.17) is 25.5 Å². The number of ether oxygens (including phenoxy) is 2. The number of rotatable bonds is 10. The number of carbonyl (C=O) groups is 1. The first-order valence-electron chi connectivity index (χ1n) is 10.9. The number of carbonyl (C=O) groups excluding carboxylic acids is 1. The normalized spacial score (nSPS) is 11.6. The monoisotopic (exact) mass is 563 g/mol. The lowest BCUT2D eigenvalue weighted by Gasteiger charge is -2.23.